The molecule has 0 saturated carbocycles. The minimum Gasteiger partial charge on any atom is -0.448 e. The number of fused-ring (bicyclic) bond motifs is 1. The Balaban J connectivity index is 1.73. The van der Waals surface area contributed by atoms with Crippen LogP contribution in [-0.4, -0.2) is 46.0 Å². The maximum Gasteiger partial charge on any atom is 0.409 e. The number of amides is 1. The van der Waals surface area contributed by atoms with Crippen molar-refractivity contribution in [1.82, 2.24) is 14.5 Å². The third-order valence-electron chi connectivity index (χ3n) is 4.41. The lowest BCUT2D eigenvalue weighted by molar-refractivity contribution is 0.158. The first-order chi connectivity index (χ1) is 12.6. The monoisotopic (exact) mass is 375 g/mol. The average Bonchev–Trinajstić information content (AvgIpc) is 3.03. The summed E-state index contributed by atoms with van der Waals surface area (Å²) in [5.74, 6) is 1.32. The molecule has 7 heteroatoms. The number of para-hydroxylation sites is 1. The Kier molecular flexibility index (Phi) is 6.19. The molecule has 0 unspecified atom stereocenters. The number of cyclic esters (lactones) is 1. The van der Waals surface area contributed by atoms with E-state index in [1.54, 1.807) is 21.2 Å². The number of carbonyl (C=O) groups is 1. The number of thioether (sulfide) groups is 1. The van der Waals surface area contributed by atoms with Crippen molar-refractivity contribution in [3.05, 3.63) is 34.6 Å². The van der Waals surface area contributed by atoms with Gasteiger partial charge in [-0.2, -0.15) is 0 Å². The molecule has 26 heavy (non-hydrogen) atoms. The SMILES string of the molecule is CC(C)CCn1c(SCCCN2CCOC2=O)nc2ccccc2c1=O. The van der Waals surface area contributed by atoms with Gasteiger partial charge in [0.2, 0.25) is 0 Å². The molecule has 3 rings (SSSR count). The summed E-state index contributed by atoms with van der Waals surface area (Å²) in [5, 5.41) is 1.43. The average molecular weight is 375 g/mol. The molecule has 6 nitrogen and oxygen atoms in total. The van der Waals surface area contributed by atoms with Crippen LogP contribution in [-0.2, 0) is 11.3 Å². The fraction of sp³-hybridized carbons (Fsp3) is 0.526. The molecule has 0 spiro atoms. The molecule has 1 fully saturated rings. The molecule has 2 aromatic rings. The maximum atomic E-state index is 12.9. The maximum absolute atomic E-state index is 12.9. The molecule has 0 aliphatic carbocycles. The van der Waals surface area contributed by atoms with E-state index < -0.39 is 0 Å². The molecule has 0 bridgehead atoms. The summed E-state index contributed by atoms with van der Waals surface area (Å²) in [5.41, 5.74) is 0.769. The van der Waals surface area contributed by atoms with Gasteiger partial charge in [0.1, 0.15) is 6.61 Å². The van der Waals surface area contributed by atoms with Crippen LogP contribution in [0.15, 0.2) is 34.2 Å². The standard InChI is InChI=1S/C19H25N3O3S/c1-14(2)8-10-22-17(23)15-6-3-4-7-16(15)20-18(22)26-13-5-9-21-11-12-25-19(21)24/h3-4,6-7,14H,5,8-13H2,1-2H3. The van der Waals surface area contributed by atoms with Crippen LogP contribution < -0.4 is 5.56 Å². The van der Waals surface area contributed by atoms with E-state index in [0.29, 0.717) is 37.5 Å². The van der Waals surface area contributed by atoms with Crippen LogP contribution in [0.5, 0.6) is 0 Å². The van der Waals surface area contributed by atoms with E-state index in [2.05, 4.69) is 13.8 Å². The van der Waals surface area contributed by atoms with Crippen molar-refractivity contribution in [2.75, 3.05) is 25.4 Å². The minimum absolute atomic E-state index is 0.0295. The molecule has 1 amide bonds. The van der Waals surface area contributed by atoms with Crippen molar-refractivity contribution in [2.24, 2.45) is 5.92 Å². The van der Waals surface area contributed by atoms with Gasteiger partial charge in [0, 0.05) is 18.8 Å². The lowest BCUT2D eigenvalue weighted by Gasteiger charge is -2.15. The Hall–Kier alpha value is -2.02. The van der Waals surface area contributed by atoms with Crippen molar-refractivity contribution in [1.29, 1.82) is 0 Å². The number of carbonyl (C=O) groups excluding carboxylic acids is 1. The van der Waals surface area contributed by atoms with Crippen LogP contribution in [0.4, 0.5) is 4.79 Å². The molecule has 1 aromatic heterocycles. The van der Waals surface area contributed by atoms with Gasteiger partial charge in [-0.05, 0) is 30.9 Å². The molecule has 0 N–H and O–H groups in total. The smallest absolute Gasteiger partial charge is 0.409 e. The summed E-state index contributed by atoms with van der Waals surface area (Å²) < 4.78 is 6.74. The highest BCUT2D eigenvalue weighted by Crippen LogP contribution is 2.20. The second-order valence-electron chi connectivity index (χ2n) is 6.85. The lowest BCUT2D eigenvalue weighted by atomic mass is 10.1. The van der Waals surface area contributed by atoms with E-state index in [0.717, 1.165) is 29.3 Å². The van der Waals surface area contributed by atoms with Gasteiger partial charge in [0.05, 0.1) is 17.4 Å². The molecular weight excluding hydrogens is 350 g/mol. The summed E-state index contributed by atoms with van der Waals surface area (Å²) in [6.45, 7) is 6.80. The summed E-state index contributed by atoms with van der Waals surface area (Å²) >= 11 is 1.59. The molecule has 1 aliphatic heterocycles. The second kappa shape index (κ2) is 8.58. The Morgan fingerprint density at radius 1 is 1.23 bits per heavy atom. The molecule has 1 aromatic carbocycles. The molecule has 0 radical (unpaired) electrons. The van der Waals surface area contributed by atoms with Gasteiger partial charge < -0.3 is 9.64 Å². The number of hydrogen-bond donors (Lipinski definition) is 0. The lowest BCUT2D eigenvalue weighted by Crippen LogP contribution is -2.26. The number of rotatable bonds is 8. The van der Waals surface area contributed by atoms with Crippen LogP contribution in [0.1, 0.15) is 26.7 Å². The Bertz CT molecular complexity index is 834. The van der Waals surface area contributed by atoms with Gasteiger partial charge in [-0.25, -0.2) is 9.78 Å². The van der Waals surface area contributed by atoms with Gasteiger partial charge >= 0.3 is 6.09 Å². The van der Waals surface area contributed by atoms with Crippen molar-refractivity contribution >= 4 is 28.8 Å². The third kappa shape index (κ3) is 4.38. The van der Waals surface area contributed by atoms with Crippen LogP contribution in [0.3, 0.4) is 0 Å². The third-order valence-corrected chi connectivity index (χ3v) is 5.47. The number of benzene rings is 1. The first-order valence-corrected chi connectivity index (χ1v) is 10.1. The zero-order chi connectivity index (χ0) is 18.5. The van der Waals surface area contributed by atoms with E-state index in [1.807, 2.05) is 24.3 Å². The number of nitrogens with zero attached hydrogens (tertiary/aromatic N) is 3. The van der Waals surface area contributed by atoms with Gasteiger partial charge in [-0.15, -0.1) is 0 Å². The Morgan fingerprint density at radius 3 is 2.77 bits per heavy atom. The molecule has 0 atom stereocenters. The molecule has 140 valence electrons. The highest BCUT2D eigenvalue weighted by molar-refractivity contribution is 7.99. The van der Waals surface area contributed by atoms with Gasteiger partial charge in [-0.1, -0.05) is 37.7 Å². The number of ether oxygens (including phenoxy) is 1. The fourth-order valence-corrected chi connectivity index (χ4v) is 3.84. The van der Waals surface area contributed by atoms with Crippen molar-refractivity contribution in [3.63, 3.8) is 0 Å². The van der Waals surface area contributed by atoms with E-state index in [1.165, 1.54) is 0 Å². The zero-order valence-electron chi connectivity index (χ0n) is 15.3. The highest BCUT2D eigenvalue weighted by Gasteiger charge is 2.21. The van der Waals surface area contributed by atoms with E-state index in [4.69, 9.17) is 9.72 Å². The molecule has 1 saturated heterocycles. The van der Waals surface area contributed by atoms with Crippen LogP contribution in [0.25, 0.3) is 10.9 Å². The van der Waals surface area contributed by atoms with Crippen LogP contribution in [0.2, 0.25) is 0 Å². The van der Waals surface area contributed by atoms with Gasteiger partial charge in [0.15, 0.2) is 5.16 Å². The molecular formula is C19H25N3O3S. The van der Waals surface area contributed by atoms with Crippen molar-refractivity contribution in [3.8, 4) is 0 Å². The highest BCUT2D eigenvalue weighted by atomic mass is 32.2. The van der Waals surface area contributed by atoms with Gasteiger partial charge in [0.25, 0.3) is 5.56 Å². The van der Waals surface area contributed by atoms with E-state index in [-0.39, 0.29) is 11.7 Å². The zero-order valence-corrected chi connectivity index (χ0v) is 16.1. The van der Waals surface area contributed by atoms with Crippen LogP contribution in [0, 0.1) is 5.92 Å². The topological polar surface area (TPSA) is 64.4 Å². The Morgan fingerprint density at radius 2 is 2.04 bits per heavy atom. The van der Waals surface area contributed by atoms with E-state index >= 15 is 0 Å². The number of aromatic nitrogens is 2. The summed E-state index contributed by atoms with van der Waals surface area (Å²) in [6, 6.07) is 7.50. The minimum atomic E-state index is -0.229. The molecule has 2 heterocycles. The second-order valence-corrected chi connectivity index (χ2v) is 7.92. The normalized spacial score (nSPS) is 14.4. The van der Waals surface area contributed by atoms with E-state index in [9.17, 15) is 9.59 Å². The fourth-order valence-electron chi connectivity index (χ4n) is 2.89. The summed E-state index contributed by atoms with van der Waals surface area (Å²) in [6.07, 6.45) is 1.55. The summed E-state index contributed by atoms with van der Waals surface area (Å²) in [7, 11) is 0. The van der Waals surface area contributed by atoms with Crippen LogP contribution >= 0.6 is 11.8 Å². The quantitative estimate of drug-likeness (QED) is 0.402. The van der Waals surface area contributed by atoms with Crippen molar-refractivity contribution in [2.45, 2.75) is 38.4 Å². The van der Waals surface area contributed by atoms with Crippen molar-refractivity contribution < 1.29 is 9.53 Å². The summed E-state index contributed by atoms with van der Waals surface area (Å²) in [4.78, 5) is 30.8. The first-order valence-electron chi connectivity index (χ1n) is 9.10. The Labute approximate surface area is 157 Å². The predicted molar refractivity (Wildman–Crippen MR) is 104 cm³/mol. The largest absolute Gasteiger partial charge is 0.448 e. The first kappa shape index (κ1) is 18.8. The van der Waals surface area contributed by atoms with Gasteiger partial charge in [-0.3, -0.25) is 9.36 Å². The predicted octanol–water partition coefficient (Wildman–Crippen LogP) is 3.38. The molecule has 1 aliphatic rings. The number of hydrogen-bond acceptors (Lipinski definition) is 5.